The number of nitrogens with zero attached hydrogens (tertiary/aromatic N) is 5. The van der Waals surface area contributed by atoms with E-state index in [1.54, 1.807) is 35.7 Å². The third-order valence-electron chi connectivity index (χ3n) is 5.91. The summed E-state index contributed by atoms with van der Waals surface area (Å²) in [5.41, 5.74) is 2.17. The van der Waals surface area contributed by atoms with Crippen molar-refractivity contribution in [1.29, 1.82) is 0 Å². The molecular weight excluding hydrogens is 474 g/mol. The van der Waals surface area contributed by atoms with Crippen molar-refractivity contribution in [3.8, 4) is 0 Å². The van der Waals surface area contributed by atoms with Gasteiger partial charge >= 0.3 is 0 Å². The van der Waals surface area contributed by atoms with Crippen LogP contribution in [0.2, 0.25) is 0 Å². The van der Waals surface area contributed by atoms with Crippen LogP contribution < -0.4 is 10.6 Å². The molecule has 10 heteroatoms. The van der Waals surface area contributed by atoms with Crippen molar-refractivity contribution in [1.82, 2.24) is 29.8 Å². The van der Waals surface area contributed by atoms with Gasteiger partial charge in [0.1, 0.15) is 0 Å². The monoisotopic (exact) mass is 499 g/mol. The number of hydrogen-bond donors (Lipinski definition) is 2. The maximum atomic E-state index is 12.8. The average molecular weight is 500 g/mol. The minimum Gasteiger partial charge on any atom is -0.351 e. The zero-order valence-corrected chi connectivity index (χ0v) is 19.9. The first-order valence-electron chi connectivity index (χ1n) is 10.6. The fraction of sp³-hybridized carbons (Fsp3) is 0.409. The number of aromatic nitrogens is 4. The Balaban J connectivity index is 1.42. The van der Waals surface area contributed by atoms with Gasteiger partial charge in [-0.05, 0) is 58.4 Å². The zero-order chi connectivity index (χ0) is 22.9. The lowest BCUT2D eigenvalue weighted by molar-refractivity contribution is 0.0938. The van der Waals surface area contributed by atoms with Crippen LogP contribution >= 0.6 is 15.9 Å². The second-order valence-electron chi connectivity index (χ2n) is 8.57. The Morgan fingerprint density at radius 1 is 1.22 bits per heavy atom. The highest BCUT2D eigenvalue weighted by Crippen LogP contribution is 2.27. The quantitative estimate of drug-likeness (QED) is 0.539. The van der Waals surface area contributed by atoms with Crippen LogP contribution in [0.3, 0.4) is 0 Å². The van der Waals surface area contributed by atoms with E-state index in [0.717, 1.165) is 17.6 Å². The number of aryl methyl sites for hydroxylation is 1. The number of rotatable bonds is 6. The number of fused-ring (bicyclic) bond motifs is 1. The fourth-order valence-electron chi connectivity index (χ4n) is 3.97. The molecule has 4 rings (SSSR count). The van der Waals surface area contributed by atoms with Gasteiger partial charge in [0.25, 0.3) is 11.8 Å². The summed E-state index contributed by atoms with van der Waals surface area (Å²) in [6.45, 7) is 8.65. The van der Waals surface area contributed by atoms with Crippen molar-refractivity contribution in [3.63, 3.8) is 0 Å². The molecule has 4 heterocycles. The van der Waals surface area contributed by atoms with Crippen LogP contribution in [0, 0.1) is 6.92 Å². The van der Waals surface area contributed by atoms with Crippen LogP contribution in [-0.2, 0) is 0 Å². The highest BCUT2D eigenvalue weighted by Gasteiger charge is 2.31. The fourth-order valence-corrected chi connectivity index (χ4v) is 4.29. The lowest BCUT2D eigenvalue weighted by atomic mass is 10.0. The maximum Gasteiger partial charge on any atom is 0.294 e. The van der Waals surface area contributed by atoms with E-state index in [9.17, 15) is 9.59 Å². The molecule has 3 aromatic rings. The molecule has 0 saturated carbocycles. The number of hydrogen-bond acceptors (Lipinski definition) is 6. The molecule has 1 aliphatic heterocycles. The Hall–Kier alpha value is -2.85. The third kappa shape index (κ3) is 4.66. The highest BCUT2D eigenvalue weighted by atomic mass is 79.9. The molecule has 0 unspecified atom stereocenters. The van der Waals surface area contributed by atoms with E-state index in [-0.39, 0.29) is 17.3 Å². The third-order valence-corrected chi connectivity index (χ3v) is 6.41. The van der Waals surface area contributed by atoms with E-state index in [1.165, 1.54) is 19.0 Å². The molecule has 1 saturated heterocycles. The lowest BCUT2D eigenvalue weighted by Crippen LogP contribution is -2.43. The minimum atomic E-state index is -0.432. The molecular formula is C22H26BrN7O2. The van der Waals surface area contributed by atoms with Crippen LogP contribution in [-0.4, -0.2) is 61.5 Å². The van der Waals surface area contributed by atoms with Crippen molar-refractivity contribution < 1.29 is 9.59 Å². The van der Waals surface area contributed by atoms with Gasteiger partial charge in [0.05, 0.1) is 16.9 Å². The van der Waals surface area contributed by atoms with E-state index >= 15 is 0 Å². The van der Waals surface area contributed by atoms with Gasteiger partial charge < -0.3 is 10.6 Å². The summed E-state index contributed by atoms with van der Waals surface area (Å²) in [5, 5.41) is 13.8. The van der Waals surface area contributed by atoms with Crippen molar-refractivity contribution in [2.45, 2.75) is 39.2 Å². The molecule has 1 fully saturated rings. The van der Waals surface area contributed by atoms with Gasteiger partial charge in [-0.2, -0.15) is 0 Å². The van der Waals surface area contributed by atoms with Crippen LogP contribution in [0.4, 0.5) is 5.69 Å². The van der Waals surface area contributed by atoms with Gasteiger partial charge in [-0.15, -0.1) is 10.2 Å². The van der Waals surface area contributed by atoms with E-state index in [4.69, 9.17) is 0 Å². The molecule has 0 radical (unpaired) electrons. The predicted octanol–water partition coefficient (Wildman–Crippen LogP) is 3.05. The van der Waals surface area contributed by atoms with Crippen molar-refractivity contribution in [2.24, 2.45) is 0 Å². The molecule has 2 N–H and O–H groups in total. The summed E-state index contributed by atoms with van der Waals surface area (Å²) in [7, 11) is 0. The summed E-state index contributed by atoms with van der Waals surface area (Å²) >= 11 is 3.38. The van der Waals surface area contributed by atoms with Crippen molar-refractivity contribution >= 4 is 39.1 Å². The van der Waals surface area contributed by atoms with Crippen LogP contribution in [0.1, 0.15) is 53.4 Å². The number of carbonyl (C=O) groups excluding carboxylic acids is 2. The van der Waals surface area contributed by atoms with Gasteiger partial charge in [0, 0.05) is 35.5 Å². The van der Waals surface area contributed by atoms with Gasteiger partial charge in [-0.3, -0.25) is 23.9 Å². The number of likely N-dealkylation sites (tertiary alicyclic amines) is 1. The van der Waals surface area contributed by atoms with Crippen LogP contribution in [0.25, 0.3) is 5.65 Å². The van der Waals surface area contributed by atoms with Gasteiger partial charge in [0.15, 0.2) is 5.65 Å². The summed E-state index contributed by atoms with van der Waals surface area (Å²) in [5.74, 6) is -0.503. The SMILES string of the molecule is Cc1ncc(C(=O)NCCN2CCCC2(C)C)cc1NC(=O)c1nnc2cc(Br)ccn12. The Bertz CT molecular complexity index is 1170. The van der Waals surface area contributed by atoms with Gasteiger partial charge in [0.2, 0.25) is 5.82 Å². The first kappa shape index (κ1) is 22.3. The number of halogens is 1. The number of pyridine rings is 2. The second kappa shape index (κ2) is 8.95. The van der Waals surface area contributed by atoms with E-state index in [2.05, 4.69) is 60.5 Å². The number of carbonyl (C=O) groups is 2. The Morgan fingerprint density at radius 3 is 2.78 bits per heavy atom. The van der Waals surface area contributed by atoms with Crippen LogP contribution in [0.15, 0.2) is 35.1 Å². The Labute approximate surface area is 194 Å². The zero-order valence-electron chi connectivity index (χ0n) is 18.4. The topological polar surface area (TPSA) is 105 Å². The Morgan fingerprint density at radius 2 is 2.03 bits per heavy atom. The molecule has 32 heavy (non-hydrogen) atoms. The largest absolute Gasteiger partial charge is 0.351 e. The molecule has 168 valence electrons. The molecule has 0 atom stereocenters. The minimum absolute atomic E-state index is 0.148. The predicted molar refractivity (Wildman–Crippen MR) is 125 cm³/mol. The molecule has 0 spiro atoms. The summed E-state index contributed by atoms with van der Waals surface area (Å²) in [6, 6.07) is 5.20. The first-order valence-corrected chi connectivity index (χ1v) is 11.4. The second-order valence-corrected chi connectivity index (χ2v) is 9.48. The molecule has 9 nitrogen and oxygen atoms in total. The molecule has 0 aromatic carbocycles. The summed E-state index contributed by atoms with van der Waals surface area (Å²) in [6.07, 6.45) is 5.59. The van der Waals surface area contributed by atoms with Crippen LogP contribution in [0.5, 0.6) is 0 Å². The lowest BCUT2D eigenvalue weighted by Gasteiger charge is -2.31. The van der Waals surface area contributed by atoms with Crippen molar-refractivity contribution in [2.75, 3.05) is 25.0 Å². The van der Waals surface area contributed by atoms with E-state index < -0.39 is 5.91 Å². The normalized spacial score (nSPS) is 15.8. The highest BCUT2D eigenvalue weighted by molar-refractivity contribution is 9.10. The smallest absolute Gasteiger partial charge is 0.294 e. The summed E-state index contributed by atoms with van der Waals surface area (Å²) in [4.78, 5) is 32.1. The average Bonchev–Trinajstić information content (AvgIpc) is 3.31. The first-order chi connectivity index (χ1) is 15.2. The Kier molecular flexibility index (Phi) is 6.25. The number of anilines is 1. The van der Waals surface area contributed by atoms with Crippen molar-refractivity contribution in [3.05, 3.63) is 52.1 Å². The number of nitrogens with one attached hydrogen (secondary N) is 2. The van der Waals surface area contributed by atoms with Gasteiger partial charge in [-0.1, -0.05) is 15.9 Å². The maximum absolute atomic E-state index is 12.8. The molecule has 2 amide bonds. The van der Waals surface area contributed by atoms with E-state index in [0.29, 0.717) is 29.1 Å². The molecule has 0 bridgehead atoms. The number of amides is 2. The standard InChI is InChI=1S/C22H26BrN7O2/c1-14-17(26-21(32)19-28-27-18-12-16(23)5-9-30(18)19)11-15(13-25-14)20(31)24-7-10-29-8-4-6-22(29,2)3/h5,9,11-13H,4,6-8,10H2,1-3H3,(H,24,31)(H,26,32). The van der Waals surface area contributed by atoms with E-state index in [1.807, 2.05) is 0 Å². The van der Waals surface area contributed by atoms with Gasteiger partial charge in [-0.25, -0.2) is 0 Å². The molecule has 0 aliphatic carbocycles. The molecule has 3 aromatic heterocycles. The summed E-state index contributed by atoms with van der Waals surface area (Å²) < 4.78 is 2.44. The molecule has 1 aliphatic rings.